The summed E-state index contributed by atoms with van der Waals surface area (Å²) in [5.41, 5.74) is 1.89. The number of aliphatic hydroxyl groups is 2. The van der Waals surface area contributed by atoms with Crippen LogP contribution in [0.4, 0.5) is 0 Å². The summed E-state index contributed by atoms with van der Waals surface area (Å²) in [4.78, 5) is 79.3. The topological polar surface area (TPSA) is 204 Å². The number of carbonyl (C=O) groups is 6. The maximum absolute atomic E-state index is 13.4. The lowest BCUT2D eigenvalue weighted by Gasteiger charge is -2.62. The van der Waals surface area contributed by atoms with E-state index in [-0.39, 0.29) is 68.6 Å². The van der Waals surface area contributed by atoms with Crippen LogP contribution in [0.15, 0.2) is 48.5 Å². The molecule has 14 nitrogen and oxygen atoms in total. The molecule has 17 bridgehead atoms. The summed E-state index contributed by atoms with van der Waals surface area (Å²) < 4.78 is 22.7. The average Bonchev–Trinajstić information content (AvgIpc) is 3.84. The van der Waals surface area contributed by atoms with Crippen molar-refractivity contribution < 1.29 is 57.9 Å². The van der Waals surface area contributed by atoms with E-state index in [4.69, 9.17) is 18.9 Å². The highest BCUT2D eigenvalue weighted by molar-refractivity contribution is 5.94. The Balaban J connectivity index is 0.739. The van der Waals surface area contributed by atoms with Crippen LogP contribution in [0.2, 0.25) is 0 Å². The Labute approximate surface area is 486 Å². The van der Waals surface area contributed by atoms with Crippen molar-refractivity contribution in [1.29, 1.82) is 0 Å². The monoisotopic (exact) mass is 1130 g/mol. The molecule has 2 aromatic rings. The average molecular weight is 1130 g/mol. The minimum atomic E-state index is -0.727. The molecule has 2 aromatic carbocycles. The normalized spacial score (nSPS) is 43.4. The smallest absolute Gasteiger partial charge is 0.344 e. The molecule has 15 rings (SSSR count). The fourth-order valence-electron chi connectivity index (χ4n) is 20.6. The van der Waals surface area contributed by atoms with Gasteiger partial charge in [-0.1, -0.05) is 65.8 Å². The van der Waals surface area contributed by atoms with Crippen molar-refractivity contribution in [3.8, 4) is 0 Å². The molecule has 82 heavy (non-hydrogen) atoms. The van der Waals surface area contributed by atoms with E-state index in [9.17, 15) is 39.0 Å². The second-order valence-corrected chi connectivity index (χ2v) is 28.8. The van der Waals surface area contributed by atoms with Gasteiger partial charge in [0.05, 0.1) is 23.3 Å². The van der Waals surface area contributed by atoms with Gasteiger partial charge < -0.3 is 39.8 Å². The van der Waals surface area contributed by atoms with E-state index < -0.39 is 49.3 Å². The quantitative estimate of drug-likeness (QED) is 0.144. The fraction of sp³-hybridized carbons (Fsp3) is 0.735. The molecule has 2 unspecified atom stereocenters. The van der Waals surface area contributed by atoms with E-state index in [1.165, 1.54) is 24.3 Å². The number of nitrogens with one attached hydrogen (secondary N) is 2. The van der Waals surface area contributed by atoms with E-state index in [1.807, 2.05) is 18.2 Å². The number of esters is 4. The zero-order valence-corrected chi connectivity index (χ0v) is 49.8. The molecule has 14 heteroatoms. The van der Waals surface area contributed by atoms with E-state index in [0.29, 0.717) is 98.0 Å². The molecule has 5 aliphatic heterocycles. The number of ether oxygens (including phenoxy) is 4. The molecule has 2 amide bonds. The number of aliphatic hydroxyl groups excluding tert-OH is 2. The van der Waals surface area contributed by atoms with Crippen LogP contribution >= 0.6 is 0 Å². The van der Waals surface area contributed by atoms with Gasteiger partial charge in [0.25, 0.3) is 0 Å². The minimum Gasteiger partial charge on any atom is -0.460 e. The van der Waals surface area contributed by atoms with Crippen molar-refractivity contribution >= 4 is 35.7 Å². The van der Waals surface area contributed by atoms with Crippen LogP contribution in [0.1, 0.15) is 202 Å². The number of fused-ring (bicyclic) bond motifs is 1. The molecule has 4 N–H and O–H groups in total. The van der Waals surface area contributed by atoms with Gasteiger partial charge in [0.1, 0.15) is 12.2 Å². The fourth-order valence-corrected chi connectivity index (χ4v) is 20.6. The van der Waals surface area contributed by atoms with E-state index in [1.54, 1.807) is 0 Å². The van der Waals surface area contributed by atoms with E-state index in [2.05, 4.69) is 58.2 Å². The second-order valence-electron chi connectivity index (χ2n) is 28.8. The number of hydrogen-bond donors (Lipinski definition) is 4. The van der Waals surface area contributed by atoms with Gasteiger partial charge in [0.2, 0.25) is 11.8 Å². The van der Waals surface area contributed by atoms with Crippen LogP contribution < -0.4 is 10.6 Å². The van der Waals surface area contributed by atoms with E-state index in [0.717, 1.165) is 114 Å². The highest BCUT2D eigenvalue weighted by Gasteiger charge is 2.66. The lowest BCUT2D eigenvalue weighted by Crippen LogP contribution is -2.59. The molecular formula is C68H94N2O12. The summed E-state index contributed by atoms with van der Waals surface area (Å²) in [6, 6.07) is 13.8. The lowest BCUT2D eigenvalue weighted by atomic mass is 9.43. The highest BCUT2D eigenvalue weighted by atomic mass is 16.6. The number of benzene rings is 2. The molecule has 0 radical (unpaired) electrons. The largest absolute Gasteiger partial charge is 0.460 e. The third-order valence-corrected chi connectivity index (χ3v) is 25.2. The van der Waals surface area contributed by atoms with Gasteiger partial charge in [0.15, 0.2) is 13.2 Å². The van der Waals surface area contributed by atoms with Crippen molar-refractivity contribution in [3.63, 3.8) is 0 Å². The Bertz CT molecular complexity index is 2540. The van der Waals surface area contributed by atoms with Gasteiger partial charge in [0, 0.05) is 25.9 Å². The number of rotatable bonds is 0. The Morgan fingerprint density at radius 2 is 0.878 bits per heavy atom. The van der Waals surface area contributed by atoms with Crippen molar-refractivity contribution in [3.05, 3.63) is 70.8 Å². The predicted molar refractivity (Wildman–Crippen MR) is 307 cm³/mol. The first-order valence-corrected chi connectivity index (χ1v) is 32.0. The summed E-state index contributed by atoms with van der Waals surface area (Å²) >= 11 is 0. The molecule has 8 saturated carbocycles. The summed E-state index contributed by atoms with van der Waals surface area (Å²) in [6.07, 6.45) is 15.7. The molecule has 8 fully saturated rings. The first-order valence-electron chi connectivity index (χ1n) is 32.0. The molecule has 5 heterocycles. The highest BCUT2D eigenvalue weighted by Crippen LogP contribution is 2.70. The van der Waals surface area contributed by atoms with Gasteiger partial charge >= 0.3 is 23.9 Å². The van der Waals surface area contributed by atoms with Gasteiger partial charge in [-0.3, -0.25) is 9.59 Å². The van der Waals surface area contributed by atoms with Crippen LogP contribution in [0.5, 0.6) is 0 Å². The van der Waals surface area contributed by atoms with Gasteiger partial charge in [-0.05, 0) is 244 Å². The summed E-state index contributed by atoms with van der Waals surface area (Å²) in [5, 5.41) is 30.9. The molecule has 0 aromatic heterocycles. The zero-order valence-electron chi connectivity index (χ0n) is 49.8. The summed E-state index contributed by atoms with van der Waals surface area (Å²) in [7, 11) is 0. The van der Waals surface area contributed by atoms with Gasteiger partial charge in [-0.2, -0.15) is 0 Å². The molecule has 13 aliphatic rings. The number of carbonyl (C=O) groups excluding carboxylic acids is 6. The summed E-state index contributed by atoms with van der Waals surface area (Å²) in [6.45, 7) is 13.8. The zero-order chi connectivity index (χ0) is 57.9. The first-order chi connectivity index (χ1) is 39.2. The van der Waals surface area contributed by atoms with Crippen molar-refractivity contribution in [2.24, 2.45) is 92.7 Å². The Morgan fingerprint density at radius 3 is 1.29 bits per heavy atom. The number of amides is 2. The van der Waals surface area contributed by atoms with Crippen LogP contribution in [0.3, 0.4) is 0 Å². The van der Waals surface area contributed by atoms with Gasteiger partial charge in [-0.15, -0.1) is 0 Å². The Hall–Kier alpha value is -4.82. The van der Waals surface area contributed by atoms with Crippen LogP contribution in [-0.2, 0) is 51.2 Å². The van der Waals surface area contributed by atoms with Crippen LogP contribution in [-0.4, -0.2) is 83.5 Å². The second kappa shape index (κ2) is 23.6. The van der Waals surface area contributed by atoms with Crippen molar-refractivity contribution in [2.45, 2.75) is 207 Å². The van der Waals surface area contributed by atoms with E-state index >= 15 is 0 Å². The third kappa shape index (κ3) is 11.1. The van der Waals surface area contributed by atoms with Crippen LogP contribution in [0.25, 0.3) is 0 Å². The summed E-state index contributed by atoms with van der Waals surface area (Å²) in [5.74, 6) is 1.91. The van der Waals surface area contributed by atoms with Crippen molar-refractivity contribution in [2.75, 3.05) is 13.2 Å². The lowest BCUT2D eigenvalue weighted by molar-refractivity contribution is -0.182. The molecular weight excluding hydrogens is 1040 g/mol. The van der Waals surface area contributed by atoms with Crippen molar-refractivity contribution in [1.82, 2.24) is 10.6 Å². The van der Waals surface area contributed by atoms with Crippen LogP contribution in [0, 0.1) is 92.7 Å². The number of hydrogen-bond acceptors (Lipinski definition) is 12. The molecule has 0 saturated heterocycles. The molecule has 448 valence electrons. The molecule has 8 aliphatic carbocycles. The van der Waals surface area contributed by atoms with Gasteiger partial charge in [-0.25, -0.2) is 19.2 Å². The Kier molecular flexibility index (Phi) is 16.9. The minimum absolute atomic E-state index is 0.0169. The maximum atomic E-state index is 13.4. The third-order valence-electron chi connectivity index (χ3n) is 25.2. The SMILES string of the molecule is C[C@@H]1CCC(=O)NCc2cccc(c2)CNC(=O)CC[C@@H](C)[C@H]2CC[C@H]3[C@@H]4CCC5C[C@@H](CC[C@]5(C)[C@H]4C[C@H](O)[C@]23C)OC(=O)COC(=O)c2ccc(cc2)C(=O)OCC(=O)O[C@@H]2CC[C@@]3(C)C(CC[C@H]4[C@@H]5CC[C@H]1[C@@]5(C)[C@@H](O)C[C@@H]43)C2. The predicted octanol–water partition coefficient (Wildman–Crippen LogP) is 10.9. The Morgan fingerprint density at radius 1 is 0.476 bits per heavy atom. The maximum Gasteiger partial charge on any atom is 0.344 e. The molecule has 0 spiro atoms. The molecule has 20 atom stereocenters. The standard InChI is InChI=1S/C68H94N2O12/c1-39-10-24-59(73)69-35-41-8-7-9-42(30-41)36-70-60(74)25-11-40(2)52-21-23-54-50-19-17-46-32-48(27-29-66(46,4)56(50)34-58(72)68(52,54)6)82-62(76)38-80-64(78)44-14-12-43(13-15-44)63(77)79-37-61(75)81-47-26-28-65(3)45(31-47)16-18-49-53-22-20-51(39)67(53,5)57(71)33-55(49)65/h7-9,12-15,30,39-40,45-58,71-72H,10-11,16-29,31-38H2,1-6H3,(H,69,73)(H,70,74)/t39-,40-,45?,46?,47-,48-,49+,50+,51-,52-,53+,54+,55+,56+,57+,58+,65+,66+,67-,68-/m1/s1. The first kappa shape index (κ1) is 58.9.